The lowest BCUT2D eigenvalue weighted by Gasteiger charge is -2.26. The van der Waals surface area contributed by atoms with Crippen molar-refractivity contribution in [3.05, 3.63) is 112 Å². The highest BCUT2D eigenvalue weighted by Gasteiger charge is 2.46. The second-order valence-electron chi connectivity index (χ2n) is 7.70. The van der Waals surface area contributed by atoms with E-state index in [1.54, 1.807) is 55.6 Å². The first-order valence-electron chi connectivity index (χ1n) is 10.5. The molecule has 2 aromatic heterocycles. The summed E-state index contributed by atoms with van der Waals surface area (Å²) in [5.74, 6) is -1.72. The van der Waals surface area contributed by atoms with E-state index in [9.17, 15) is 14.7 Å². The molecule has 0 aliphatic carbocycles. The number of hydrogen-bond acceptors (Lipinski definition) is 6. The normalized spacial score (nSPS) is 15.8. The van der Waals surface area contributed by atoms with Crippen molar-refractivity contribution in [2.75, 3.05) is 4.90 Å². The molecule has 0 radical (unpaired) electrons. The summed E-state index contributed by atoms with van der Waals surface area (Å²) in [7, 11) is 0. The molecular weight excluding hydrogens is 470 g/mol. The average molecular weight is 488 g/mol. The lowest BCUT2D eigenvalue weighted by atomic mass is 9.98. The zero-order valence-corrected chi connectivity index (χ0v) is 19.5. The number of Topliss-reactive ketones (excluding diaryl/α,β-unsaturated/α-hetero) is 1. The highest BCUT2D eigenvalue weighted by molar-refractivity contribution is 7.17. The summed E-state index contributed by atoms with van der Waals surface area (Å²) in [6.07, 6.45) is 1.59. The Hall–Kier alpha value is -3.81. The van der Waals surface area contributed by atoms with E-state index < -0.39 is 23.5 Å². The van der Waals surface area contributed by atoms with Crippen molar-refractivity contribution in [2.24, 2.45) is 0 Å². The quantitative estimate of drug-likeness (QED) is 0.352. The van der Waals surface area contributed by atoms with E-state index in [0.717, 1.165) is 5.56 Å². The van der Waals surface area contributed by atoms with Gasteiger partial charge < -0.3 is 5.11 Å². The first kappa shape index (κ1) is 22.0. The van der Waals surface area contributed by atoms with Gasteiger partial charge in [-0.3, -0.25) is 19.5 Å². The third kappa shape index (κ3) is 3.79. The molecule has 0 spiro atoms. The number of anilines is 1. The Morgan fingerprint density at radius 3 is 2.41 bits per heavy atom. The lowest BCUT2D eigenvalue weighted by molar-refractivity contribution is -0.117. The number of halogens is 1. The van der Waals surface area contributed by atoms with Gasteiger partial charge in [0.2, 0.25) is 5.78 Å². The minimum absolute atomic E-state index is 0.0231. The van der Waals surface area contributed by atoms with Gasteiger partial charge in [0.15, 0.2) is 5.76 Å². The first-order valence-corrected chi connectivity index (χ1v) is 11.7. The molecule has 1 aliphatic rings. The maximum Gasteiger partial charge on any atom is 0.294 e. The lowest BCUT2D eigenvalue weighted by Crippen LogP contribution is -2.31. The predicted octanol–water partition coefficient (Wildman–Crippen LogP) is 5.95. The molecule has 2 aromatic carbocycles. The van der Waals surface area contributed by atoms with Gasteiger partial charge in [0.25, 0.3) is 5.91 Å². The molecule has 1 unspecified atom stereocenters. The van der Waals surface area contributed by atoms with Gasteiger partial charge in [-0.05, 0) is 43.3 Å². The van der Waals surface area contributed by atoms with Crippen LogP contribution in [0.3, 0.4) is 0 Å². The highest BCUT2D eigenvalue weighted by Crippen LogP contribution is 2.42. The summed E-state index contributed by atoms with van der Waals surface area (Å²) >= 11 is 7.26. The molecule has 1 atom stereocenters. The van der Waals surface area contributed by atoms with Crippen LogP contribution in [0.4, 0.5) is 5.69 Å². The molecule has 8 heteroatoms. The summed E-state index contributed by atoms with van der Waals surface area (Å²) < 4.78 is 0. The van der Waals surface area contributed by atoms with Crippen molar-refractivity contribution in [2.45, 2.75) is 13.0 Å². The molecule has 1 amide bonds. The number of aryl methyl sites for hydroxylation is 1. The zero-order valence-electron chi connectivity index (χ0n) is 18.0. The molecule has 0 fully saturated rings. The molecule has 1 N–H and O–H groups in total. The minimum atomic E-state index is -0.899. The SMILES string of the molecule is Cc1nc(-c2ccccc2)sc1C(=O)C1=C(O)C(=O)N(c2ccc(Cl)cc2)C1c1ccccn1. The van der Waals surface area contributed by atoms with Gasteiger partial charge in [-0.15, -0.1) is 11.3 Å². The summed E-state index contributed by atoms with van der Waals surface area (Å²) in [5, 5.41) is 12.1. The van der Waals surface area contributed by atoms with E-state index in [0.29, 0.717) is 32.0 Å². The van der Waals surface area contributed by atoms with E-state index in [4.69, 9.17) is 11.6 Å². The van der Waals surface area contributed by atoms with E-state index in [-0.39, 0.29) is 5.57 Å². The van der Waals surface area contributed by atoms with Crippen LogP contribution in [0.1, 0.15) is 27.1 Å². The van der Waals surface area contributed by atoms with E-state index in [1.165, 1.54) is 16.2 Å². The second kappa shape index (κ2) is 8.85. The maximum absolute atomic E-state index is 13.8. The number of amides is 1. The summed E-state index contributed by atoms with van der Waals surface area (Å²) in [6, 6.07) is 20.5. The Morgan fingerprint density at radius 1 is 1.03 bits per heavy atom. The van der Waals surface area contributed by atoms with Crippen LogP contribution in [0.25, 0.3) is 10.6 Å². The summed E-state index contributed by atoms with van der Waals surface area (Å²) in [6.45, 7) is 1.75. The van der Waals surface area contributed by atoms with Crippen molar-refractivity contribution in [3.63, 3.8) is 0 Å². The van der Waals surface area contributed by atoms with Gasteiger partial charge >= 0.3 is 0 Å². The van der Waals surface area contributed by atoms with Gasteiger partial charge in [0, 0.05) is 22.5 Å². The molecule has 0 saturated heterocycles. The average Bonchev–Trinajstić information content (AvgIpc) is 3.38. The zero-order chi connectivity index (χ0) is 23.8. The van der Waals surface area contributed by atoms with Crippen LogP contribution in [0.2, 0.25) is 5.02 Å². The summed E-state index contributed by atoms with van der Waals surface area (Å²) in [4.78, 5) is 37.7. The number of aromatic nitrogens is 2. The van der Waals surface area contributed by atoms with Crippen molar-refractivity contribution in [1.29, 1.82) is 0 Å². The smallest absolute Gasteiger partial charge is 0.294 e. The minimum Gasteiger partial charge on any atom is -0.503 e. The number of rotatable bonds is 5. The van der Waals surface area contributed by atoms with Crippen molar-refractivity contribution < 1.29 is 14.7 Å². The number of nitrogens with zero attached hydrogens (tertiary/aromatic N) is 3. The topological polar surface area (TPSA) is 83.4 Å². The predicted molar refractivity (Wildman–Crippen MR) is 132 cm³/mol. The second-order valence-corrected chi connectivity index (χ2v) is 9.14. The van der Waals surface area contributed by atoms with E-state index in [1.807, 2.05) is 30.3 Å². The molecule has 0 bridgehead atoms. The monoisotopic (exact) mass is 487 g/mol. The van der Waals surface area contributed by atoms with Crippen molar-refractivity contribution in [3.8, 4) is 10.6 Å². The third-order valence-electron chi connectivity index (χ3n) is 5.55. The molecule has 3 heterocycles. The van der Waals surface area contributed by atoms with Gasteiger partial charge in [-0.25, -0.2) is 4.98 Å². The van der Waals surface area contributed by atoms with Gasteiger partial charge in [0.1, 0.15) is 11.0 Å². The van der Waals surface area contributed by atoms with Crippen molar-refractivity contribution >= 4 is 40.3 Å². The molecule has 1 aliphatic heterocycles. The molecule has 0 saturated carbocycles. The summed E-state index contributed by atoms with van der Waals surface area (Å²) in [5.41, 5.74) is 2.35. The fourth-order valence-corrected chi connectivity index (χ4v) is 5.11. The van der Waals surface area contributed by atoms with E-state index in [2.05, 4.69) is 9.97 Å². The number of benzene rings is 2. The Labute approximate surface area is 204 Å². The number of thiazole rings is 1. The van der Waals surface area contributed by atoms with Crippen LogP contribution in [-0.2, 0) is 4.79 Å². The number of carbonyl (C=O) groups is 2. The third-order valence-corrected chi connectivity index (χ3v) is 7.01. The first-order chi connectivity index (χ1) is 16.5. The number of ketones is 1. The standard InChI is InChI=1S/C26H18ClN3O3S/c1-15-24(34-25(29-15)16-7-3-2-4-8-16)22(31)20-21(19-9-5-6-14-28-19)30(26(33)23(20)32)18-12-10-17(27)11-13-18/h2-14,21,32H,1H3. The van der Waals surface area contributed by atoms with Crippen LogP contribution in [-0.4, -0.2) is 26.8 Å². The van der Waals surface area contributed by atoms with Gasteiger partial charge in [-0.2, -0.15) is 0 Å². The molecule has 4 aromatic rings. The molecule has 6 nitrogen and oxygen atoms in total. The van der Waals surface area contributed by atoms with E-state index >= 15 is 0 Å². The van der Waals surface area contributed by atoms with Crippen LogP contribution >= 0.6 is 22.9 Å². The number of carbonyl (C=O) groups excluding carboxylic acids is 2. The fourth-order valence-electron chi connectivity index (χ4n) is 3.96. The van der Waals surface area contributed by atoms with Crippen LogP contribution in [0.15, 0.2) is 90.3 Å². The van der Waals surface area contributed by atoms with Crippen LogP contribution in [0.5, 0.6) is 0 Å². The Kier molecular flexibility index (Phi) is 5.73. The molecule has 168 valence electrons. The Balaban J connectivity index is 1.62. The largest absolute Gasteiger partial charge is 0.503 e. The Morgan fingerprint density at radius 2 is 1.74 bits per heavy atom. The van der Waals surface area contributed by atoms with Gasteiger partial charge in [-0.1, -0.05) is 48.0 Å². The van der Waals surface area contributed by atoms with Gasteiger partial charge in [0.05, 0.1) is 21.8 Å². The number of aliphatic hydroxyl groups is 1. The molecular formula is C26H18ClN3O3S. The molecule has 34 heavy (non-hydrogen) atoms. The maximum atomic E-state index is 13.8. The number of pyridine rings is 1. The highest BCUT2D eigenvalue weighted by atomic mass is 35.5. The fraction of sp³-hybridized carbons (Fsp3) is 0.0769. The number of hydrogen-bond donors (Lipinski definition) is 1. The number of aliphatic hydroxyl groups excluding tert-OH is 1. The van der Waals surface area contributed by atoms with Crippen LogP contribution < -0.4 is 4.90 Å². The van der Waals surface area contributed by atoms with Crippen LogP contribution in [0, 0.1) is 6.92 Å². The molecule has 5 rings (SSSR count). The Bertz CT molecular complexity index is 1420. The van der Waals surface area contributed by atoms with Crippen molar-refractivity contribution in [1.82, 2.24) is 9.97 Å².